The molecule has 0 aliphatic carbocycles. The Bertz CT molecular complexity index is 1150. The van der Waals surface area contributed by atoms with Gasteiger partial charge in [0.25, 0.3) is 16.0 Å². The highest BCUT2D eigenvalue weighted by Gasteiger charge is 2.28. The van der Waals surface area contributed by atoms with Crippen molar-refractivity contribution in [3.63, 3.8) is 0 Å². The molecule has 1 aromatic heterocycles. The third kappa shape index (κ3) is 5.29. The fraction of sp³-hybridized carbons (Fsp3) is 0.211. The summed E-state index contributed by atoms with van der Waals surface area (Å²) in [5.41, 5.74) is 1.31. The summed E-state index contributed by atoms with van der Waals surface area (Å²) in [6, 6.07) is 10.7. The average Bonchev–Trinajstić information content (AvgIpc) is 3.22. The Hall–Kier alpha value is -3.07. The lowest BCUT2D eigenvalue weighted by Crippen LogP contribution is -2.21. The van der Waals surface area contributed by atoms with Crippen LogP contribution in [0.1, 0.15) is 6.42 Å². The normalized spacial score (nSPS) is 15.2. The first kappa shape index (κ1) is 21.6. The fourth-order valence-electron chi connectivity index (χ4n) is 2.79. The SMILES string of the molecule is Cn1ncc2c1SC(=CC=C(C#N)C(=O)Nc1ccccc1)N2CCCS(=O)(=O)O. The fourth-order valence-corrected chi connectivity index (χ4v) is 4.36. The number of fused-ring (bicyclic) bond motifs is 1. The Balaban J connectivity index is 1.80. The van der Waals surface area contributed by atoms with Crippen molar-refractivity contribution in [3.8, 4) is 6.07 Å². The maximum Gasteiger partial charge on any atom is 0.266 e. The van der Waals surface area contributed by atoms with Crippen LogP contribution in [0.25, 0.3) is 0 Å². The number of hydrogen-bond donors (Lipinski definition) is 2. The van der Waals surface area contributed by atoms with Gasteiger partial charge in [0, 0.05) is 19.3 Å². The van der Waals surface area contributed by atoms with Gasteiger partial charge in [0.2, 0.25) is 0 Å². The number of allylic oxidation sites excluding steroid dienone is 2. The van der Waals surface area contributed by atoms with Gasteiger partial charge in [0.15, 0.2) is 0 Å². The molecule has 2 N–H and O–H groups in total. The summed E-state index contributed by atoms with van der Waals surface area (Å²) in [5.74, 6) is -0.892. The number of nitrogens with one attached hydrogen (secondary N) is 1. The van der Waals surface area contributed by atoms with E-state index in [-0.39, 0.29) is 17.7 Å². The maximum atomic E-state index is 12.4. The number of thioether (sulfide) groups is 1. The predicted octanol–water partition coefficient (Wildman–Crippen LogP) is 2.54. The molecule has 9 nitrogen and oxygen atoms in total. The summed E-state index contributed by atoms with van der Waals surface area (Å²) < 4.78 is 32.7. The Morgan fingerprint density at radius 3 is 2.77 bits per heavy atom. The minimum atomic E-state index is -4.06. The number of carbonyl (C=O) groups is 1. The zero-order chi connectivity index (χ0) is 21.7. The smallest absolute Gasteiger partial charge is 0.266 e. The van der Waals surface area contributed by atoms with Crippen LogP contribution >= 0.6 is 11.8 Å². The molecular weight excluding hydrogens is 426 g/mol. The van der Waals surface area contributed by atoms with Gasteiger partial charge in [-0.05, 0) is 30.7 Å². The topological polar surface area (TPSA) is 128 Å². The second kappa shape index (κ2) is 9.17. The van der Waals surface area contributed by atoms with E-state index >= 15 is 0 Å². The molecule has 0 spiro atoms. The molecule has 0 atom stereocenters. The lowest BCUT2D eigenvalue weighted by atomic mass is 10.2. The molecule has 1 aliphatic heterocycles. The lowest BCUT2D eigenvalue weighted by molar-refractivity contribution is -0.112. The van der Waals surface area contributed by atoms with E-state index in [9.17, 15) is 18.5 Å². The minimum absolute atomic E-state index is 0.0704. The van der Waals surface area contributed by atoms with E-state index in [4.69, 9.17) is 4.55 Å². The Morgan fingerprint density at radius 1 is 1.37 bits per heavy atom. The number of hydrogen-bond acceptors (Lipinski definition) is 7. The number of carbonyl (C=O) groups excluding carboxylic acids is 1. The van der Waals surface area contributed by atoms with Crippen LogP contribution in [0.2, 0.25) is 0 Å². The summed E-state index contributed by atoms with van der Waals surface area (Å²) in [6.07, 6.45) is 4.93. The molecule has 11 heteroatoms. The molecule has 30 heavy (non-hydrogen) atoms. The van der Waals surface area contributed by atoms with E-state index in [0.29, 0.717) is 17.3 Å². The molecule has 1 aliphatic rings. The zero-order valence-electron chi connectivity index (χ0n) is 16.0. The number of rotatable bonds is 7. The van der Waals surface area contributed by atoms with Crippen LogP contribution in [0.5, 0.6) is 0 Å². The van der Waals surface area contributed by atoms with Crippen molar-refractivity contribution in [2.24, 2.45) is 7.05 Å². The molecule has 0 saturated heterocycles. The first-order chi connectivity index (χ1) is 14.3. The molecular formula is C19H19N5O4S2. The second-order valence-electron chi connectivity index (χ2n) is 6.37. The molecule has 0 unspecified atom stereocenters. The molecule has 1 amide bonds. The van der Waals surface area contributed by atoms with Crippen LogP contribution in [-0.4, -0.2) is 41.0 Å². The lowest BCUT2D eigenvalue weighted by Gasteiger charge is -2.18. The zero-order valence-corrected chi connectivity index (χ0v) is 17.7. The van der Waals surface area contributed by atoms with Gasteiger partial charge in [-0.25, -0.2) is 0 Å². The Morgan fingerprint density at radius 2 is 2.10 bits per heavy atom. The highest BCUT2D eigenvalue weighted by molar-refractivity contribution is 8.03. The quantitative estimate of drug-likeness (QED) is 0.378. The molecule has 0 saturated carbocycles. The van der Waals surface area contributed by atoms with Crippen molar-refractivity contribution in [3.05, 3.63) is 59.3 Å². The molecule has 0 fully saturated rings. The van der Waals surface area contributed by atoms with Gasteiger partial charge in [-0.2, -0.15) is 18.8 Å². The van der Waals surface area contributed by atoms with Gasteiger partial charge in [-0.15, -0.1) is 0 Å². The van der Waals surface area contributed by atoms with Crippen LogP contribution in [0.15, 0.2) is 64.3 Å². The van der Waals surface area contributed by atoms with Crippen molar-refractivity contribution < 1.29 is 17.8 Å². The van der Waals surface area contributed by atoms with E-state index in [1.165, 1.54) is 17.8 Å². The van der Waals surface area contributed by atoms with Gasteiger partial charge >= 0.3 is 0 Å². The van der Waals surface area contributed by atoms with Gasteiger partial charge < -0.3 is 10.2 Å². The van der Waals surface area contributed by atoms with Gasteiger partial charge in [0.05, 0.1) is 22.7 Å². The summed E-state index contributed by atoms with van der Waals surface area (Å²) in [6.45, 7) is 0.323. The summed E-state index contributed by atoms with van der Waals surface area (Å²) in [7, 11) is -2.27. The van der Waals surface area contributed by atoms with Crippen molar-refractivity contribution in [1.82, 2.24) is 9.78 Å². The molecule has 2 aromatic rings. The molecule has 2 heterocycles. The highest BCUT2D eigenvalue weighted by atomic mass is 32.2. The molecule has 156 valence electrons. The molecule has 0 radical (unpaired) electrons. The second-order valence-corrected chi connectivity index (χ2v) is 8.95. The summed E-state index contributed by atoms with van der Waals surface area (Å²) in [4.78, 5) is 14.2. The van der Waals surface area contributed by atoms with Crippen molar-refractivity contribution in [2.75, 3.05) is 22.5 Å². The first-order valence-electron chi connectivity index (χ1n) is 8.89. The van der Waals surface area contributed by atoms with Crippen LogP contribution in [0.3, 0.4) is 0 Å². The predicted molar refractivity (Wildman–Crippen MR) is 114 cm³/mol. The minimum Gasteiger partial charge on any atom is -0.332 e. The van der Waals surface area contributed by atoms with E-state index in [1.54, 1.807) is 48.3 Å². The number of aromatic nitrogens is 2. The number of benzene rings is 1. The molecule has 1 aromatic carbocycles. The largest absolute Gasteiger partial charge is 0.332 e. The van der Waals surface area contributed by atoms with E-state index < -0.39 is 16.0 Å². The average molecular weight is 446 g/mol. The van der Waals surface area contributed by atoms with E-state index in [1.807, 2.05) is 17.0 Å². The van der Waals surface area contributed by atoms with Gasteiger partial charge in [0.1, 0.15) is 16.7 Å². The number of para-hydroxylation sites is 1. The third-order valence-corrected chi connectivity index (χ3v) is 6.23. The monoisotopic (exact) mass is 445 g/mol. The molecule has 0 bridgehead atoms. The van der Waals surface area contributed by atoms with Crippen LogP contribution in [0.4, 0.5) is 11.4 Å². The van der Waals surface area contributed by atoms with Crippen LogP contribution in [-0.2, 0) is 22.0 Å². The van der Waals surface area contributed by atoms with Gasteiger partial charge in [-0.1, -0.05) is 30.0 Å². The number of anilines is 2. The highest BCUT2D eigenvalue weighted by Crippen LogP contribution is 2.45. The number of aryl methyl sites for hydroxylation is 1. The number of nitrogens with zero attached hydrogens (tertiary/aromatic N) is 4. The van der Waals surface area contributed by atoms with Crippen LogP contribution in [0, 0.1) is 11.3 Å². The maximum absolute atomic E-state index is 12.4. The van der Waals surface area contributed by atoms with Crippen LogP contribution < -0.4 is 10.2 Å². The van der Waals surface area contributed by atoms with Gasteiger partial charge in [-0.3, -0.25) is 14.0 Å². The van der Waals surface area contributed by atoms with E-state index in [0.717, 1.165) is 10.7 Å². The Kier molecular flexibility index (Phi) is 6.61. The summed E-state index contributed by atoms with van der Waals surface area (Å²) >= 11 is 1.39. The van der Waals surface area contributed by atoms with Crippen molar-refractivity contribution in [2.45, 2.75) is 11.4 Å². The molecule has 3 rings (SSSR count). The number of amides is 1. The van der Waals surface area contributed by atoms with E-state index in [2.05, 4.69) is 10.4 Å². The standard InChI is InChI=1S/C19H19N5O4S2/c1-23-19-16(13-21-23)24(10-5-11-30(26,27)28)17(29-19)9-8-14(12-20)18(25)22-15-6-3-2-4-7-15/h2-4,6-9,13H,5,10-11H2,1H3,(H,22,25)(H,26,27,28). The summed E-state index contributed by atoms with van der Waals surface area (Å²) in [5, 5.41) is 17.8. The first-order valence-corrected chi connectivity index (χ1v) is 11.3. The van der Waals surface area contributed by atoms with Crippen molar-refractivity contribution >= 4 is 39.2 Å². The van der Waals surface area contributed by atoms with Crippen molar-refractivity contribution in [1.29, 1.82) is 5.26 Å². The Labute approximate surface area is 178 Å². The number of nitriles is 1. The third-order valence-electron chi connectivity index (χ3n) is 4.20.